The second-order valence-corrected chi connectivity index (χ2v) is 6.67. The molecule has 0 radical (unpaired) electrons. The predicted octanol–water partition coefficient (Wildman–Crippen LogP) is 1.87. The lowest BCUT2D eigenvalue weighted by atomic mass is 10.3. The molecule has 0 aliphatic carbocycles. The molecule has 21 heavy (non-hydrogen) atoms. The van der Waals surface area contributed by atoms with Crippen molar-refractivity contribution in [2.24, 2.45) is 0 Å². The summed E-state index contributed by atoms with van der Waals surface area (Å²) >= 11 is 0. The lowest BCUT2D eigenvalue weighted by Gasteiger charge is -2.25. The molecule has 114 valence electrons. The van der Waals surface area contributed by atoms with Crippen molar-refractivity contribution in [3.05, 3.63) is 41.8 Å². The fourth-order valence-electron chi connectivity index (χ4n) is 2.13. The van der Waals surface area contributed by atoms with Crippen molar-refractivity contribution >= 4 is 15.7 Å². The summed E-state index contributed by atoms with van der Waals surface area (Å²) in [6.45, 7) is 4.63. The quantitative estimate of drug-likeness (QED) is 0.911. The highest BCUT2D eigenvalue weighted by Gasteiger charge is 2.31. The molecule has 7 heteroatoms. The lowest BCUT2D eigenvalue weighted by molar-refractivity contribution is 0.204. The first kappa shape index (κ1) is 15.5. The Hall–Kier alpha value is -1.86. The fourth-order valence-corrected chi connectivity index (χ4v) is 3.97. The summed E-state index contributed by atoms with van der Waals surface area (Å²) in [5.41, 5.74) is 0.789. The van der Waals surface area contributed by atoms with E-state index in [2.05, 4.69) is 5.16 Å². The molecule has 0 unspecified atom stereocenters. The van der Waals surface area contributed by atoms with Crippen LogP contribution < -0.4 is 4.31 Å². The number of para-hydroxylation sites is 1. The van der Waals surface area contributed by atoms with Crippen LogP contribution in [0.5, 0.6) is 0 Å². The first-order valence-electron chi connectivity index (χ1n) is 6.52. The van der Waals surface area contributed by atoms with Gasteiger partial charge in [0.25, 0.3) is 10.0 Å². The molecule has 0 saturated heterocycles. The van der Waals surface area contributed by atoms with Crippen LogP contribution in [0.3, 0.4) is 0 Å². The number of aryl methyl sites for hydroxylation is 2. The van der Waals surface area contributed by atoms with Gasteiger partial charge in [0.15, 0.2) is 10.7 Å². The maximum absolute atomic E-state index is 12.9. The zero-order chi connectivity index (χ0) is 15.6. The van der Waals surface area contributed by atoms with Crippen LogP contribution in [0.15, 0.2) is 39.8 Å². The van der Waals surface area contributed by atoms with Gasteiger partial charge in [0.05, 0.1) is 18.3 Å². The first-order chi connectivity index (χ1) is 9.84. The molecule has 0 aliphatic heterocycles. The summed E-state index contributed by atoms with van der Waals surface area (Å²) in [5.74, 6) is 0.235. The van der Waals surface area contributed by atoms with Gasteiger partial charge in [-0.15, -0.1) is 0 Å². The van der Waals surface area contributed by atoms with E-state index in [9.17, 15) is 13.5 Å². The molecule has 6 nitrogen and oxygen atoms in total. The van der Waals surface area contributed by atoms with E-state index >= 15 is 0 Å². The van der Waals surface area contributed by atoms with E-state index in [4.69, 9.17) is 4.52 Å². The van der Waals surface area contributed by atoms with Gasteiger partial charge in [0.2, 0.25) is 0 Å². The van der Waals surface area contributed by atoms with Crippen molar-refractivity contribution in [3.63, 3.8) is 0 Å². The SMILES string of the molecule is Cc1noc(C)c1S(=O)(=O)N(C[C@H](C)O)c1ccccc1. The van der Waals surface area contributed by atoms with E-state index in [-0.39, 0.29) is 17.2 Å². The topological polar surface area (TPSA) is 83.6 Å². The van der Waals surface area contributed by atoms with Crippen molar-refractivity contribution in [2.75, 3.05) is 10.8 Å². The summed E-state index contributed by atoms with van der Waals surface area (Å²) in [6, 6.07) is 8.64. The van der Waals surface area contributed by atoms with Crippen LogP contribution in [0.4, 0.5) is 5.69 Å². The average Bonchev–Trinajstić information content (AvgIpc) is 2.76. The van der Waals surface area contributed by atoms with E-state index in [0.717, 1.165) is 0 Å². The summed E-state index contributed by atoms with van der Waals surface area (Å²) in [7, 11) is -3.85. The number of anilines is 1. The van der Waals surface area contributed by atoms with Gasteiger partial charge in [-0.05, 0) is 32.9 Å². The number of aliphatic hydroxyl groups excluding tert-OH is 1. The molecule has 2 aromatic rings. The van der Waals surface area contributed by atoms with E-state index in [1.54, 1.807) is 51.1 Å². The van der Waals surface area contributed by atoms with Crippen LogP contribution in [0, 0.1) is 13.8 Å². The molecule has 0 spiro atoms. The predicted molar refractivity (Wildman–Crippen MR) is 78.6 cm³/mol. The highest BCUT2D eigenvalue weighted by Crippen LogP contribution is 2.27. The smallest absolute Gasteiger partial charge is 0.269 e. The van der Waals surface area contributed by atoms with Crippen molar-refractivity contribution in [1.82, 2.24) is 5.16 Å². The Morgan fingerprint density at radius 1 is 1.29 bits per heavy atom. The maximum Gasteiger partial charge on any atom is 0.269 e. The van der Waals surface area contributed by atoms with Gasteiger partial charge in [-0.2, -0.15) is 0 Å². The number of sulfonamides is 1. The number of hydrogen-bond donors (Lipinski definition) is 1. The standard InChI is InChI=1S/C14H18N2O4S/c1-10(17)9-16(13-7-5-4-6-8-13)21(18,19)14-11(2)15-20-12(14)3/h4-8,10,17H,9H2,1-3H3/t10-/m0/s1. The average molecular weight is 310 g/mol. The van der Waals surface area contributed by atoms with Gasteiger partial charge in [0.1, 0.15) is 5.69 Å². The highest BCUT2D eigenvalue weighted by atomic mass is 32.2. The monoisotopic (exact) mass is 310 g/mol. The first-order valence-corrected chi connectivity index (χ1v) is 7.96. The van der Waals surface area contributed by atoms with Crippen LogP contribution >= 0.6 is 0 Å². The maximum atomic E-state index is 12.9. The number of benzene rings is 1. The normalized spacial score (nSPS) is 13.1. The molecule has 2 rings (SSSR count). The summed E-state index contributed by atoms with van der Waals surface area (Å²) in [4.78, 5) is 0.0482. The van der Waals surface area contributed by atoms with Crippen LogP contribution in [-0.4, -0.2) is 31.3 Å². The Morgan fingerprint density at radius 2 is 1.90 bits per heavy atom. The molecular formula is C14H18N2O4S. The molecule has 1 atom stereocenters. The molecule has 0 aliphatic rings. The zero-order valence-corrected chi connectivity index (χ0v) is 13.0. The molecule has 0 saturated carbocycles. The molecule has 1 aromatic carbocycles. The van der Waals surface area contributed by atoms with Gasteiger partial charge in [0, 0.05) is 0 Å². The number of hydrogen-bond acceptors (Lipinski definition) is 5. The minimum atomic E-state index is -3.85. The Bertz CT molecular complexity index is 688. The highest BCUT2D eigenvalue weighted by molar-refractivity contribution is 7.93. The Morgan fingerprint density at radius 3 is 2.38 bits per heavy atom. The second kappa shape index (κ2) is 5.87. The Balaban J connectivity index is 2.56. The van der Waals surface area contributed by atoms with Crippen molar-refractivity contribution < 1.29 is 18.0 Å². The molecule has 0 bridgehead atoms. The minimum absolute atomic E-state index is 0.0452. The molecule has 0 fully saturated rings. The van der Waals surface area contributed by atoms with Gasteiger partial charge < -0.3 is 9.63 Å². The third-order valence-electron chi connectivity index (χ3n) is 2.99. The molecular weight excluding hydrogens is 292 g/mol. The molecule has 1 aromatic heterocycles. The third-order valence-corrected chi connectivity index (χ3v) is 5.03. The largest absolute Gasteiger partial charge is 0.392 e. The van der Waals surface area contributed by atoms with E-state index in [0.29, 0.717) is 11.4 Å². The van der Waals surface area contributed by atoms with Gasteiger partial charge >= 0.3 is 0 Å². The number of rotatable bonds is 5. The number of aliphatic hydroxyl groups is 1. The van der Waals surface area contributed by atoms with Crippen molar-refractivity contribution in [2.45, 2.75) is 31.8 Å². The number of aromatic nitrogens is 1. The molecule has 1 heterocycles. The summed E-state index contributed by atoms with van der Waals surface area (Å²) in [6.07, 6.45) is -0.805. The zero-order valence-electron chi connectivity index (χ0n) is 12.1. The summed E-state index contributed by atoms with van der Waals surface area (Å²) in [5, 5.41) is 13.3. The van der Waals surface area contributed by atoms with Crippen LogP contribution in [0.2, 0.25) is 0 Å². The van der Waals surface area contributed by atoms with Crippen LogP contribution in [-0.2, 0) is 10.0 Å². The molecule has 0 amide bonds. The van der Waals surface area contributed by atoms with Gasteiger partial charge in [-0.25, -0.2) is 8.42 Å². The third kappa shape index (κ3) is 3.08. The lowest BCUT2D eigenvalue weighted by Crippen LogP contribution is -2.37. The van der Waals surface area contributed by atoms with Crippen LogP contribution in [0.25, 0.3) is 0 Å². The molecule has 1 N–H and O–H groups in total. The van der Waals surface area contributed by atoms with Crippen molar-refractivity contribution in [3.8, 4) is 0 Å². The van der Waals surface area contributed by atoms with Crippen molar-refractivity contribution in [1.29, 1.82) is 0 Å². The summed E-state index contributed by atoms with van der Waals surface area (Å²) < 4.78 is 31.9. The second-order valence-electron chi connectivity index (χ2n) is 4.87. The van der Waals surface area contributed by atoms with E-state index in [1.807, 2.05) is 0 Å². The van der Waals surface area contributed by atoms with E-state index in [1.165, 1.54) is 4.31 Å². The minimum Gasteiger partial charge on any atom is -0.392 e. The van der Waals surface area contributed by atoms with Gasteiger partial charge in [-0.3, -0.25) is 4.31 Å². The fraction of sp³-hybridized carbons (Fsp3) is 0.357. The van der Waals surface area contributed by atoms with E-state index < -0.39 is 16.1 Å². The Kier molecular flexibility index (Phi) is 4.34. The Labute approximate surface area is 124 Å². The van der Waals surface area contributed by atoms with Crippen LogP contribution in [0.1, 0.15) is 18.4 Å². The number of nitrogens with zero attached hydrogens (tertiary/aromatic N) is 2. The van der Waals surface area contributed by atoms with Gasteiger partial charge in [-0.1, -0.05) is 23.4 Å².